The van der Waals surface area contributed by atoms with Gasteiger partial charge in [0.05, 0.1) is 12.8 Å². The van der Waals surface area contributed by atoms with Gasteiger partial charge in [0.15, 0.2) is 0 Å². The number of hydrogen-bond acceptors (Lipinski definition) is 3. The molecule has 3 aromatic rings. The Morgan fingerprint density at radius 1 is 1.14 bits per heavy atom. The summed E-state index contributed by atoms with van der Waals surface area (Å²) in [5.74, 6) is 1.52. The van der Waals surface area contributed by atoms with Gasteiger partial charge in [0, 0.05) is 22.8 Å². The van der Waals surface area contributed by atoms with E-state index in [0.29, 0.717) is 5.02 Å². The zero-order valence-corrected chi connectivity index (χ0v) is 12.9. The van der Waals surface area contributed by atoms with Gasteiger partial charge in [-0.2, -0.15) is 0 Å². The molecule has 0 atom stereocenters. The number of aryl methyl sites for hydroxylation is 1. The summed E-state index contributed by atoms with van der Waals surface area (Å²) in [6.45, 7) is 2.07. The molecule has 1 heterocycles. The van der Waals surface area contributed by atoms with Crippen LogP contribution in [0.1, 0.15) is 5.56 Å². The number of hydrogen-bond donors (Lipinski definition) is 0. The van der Waals surface area contributed by atoms with Crippen molar-refractivity contribution >= 4 is 33.9 Å². The fourth-order valence-electron chi connectivity index (χ4n) is 2.44. The van der Waals surface area contributed by atoms with Gasteiger partial charge in [0.25, 0.3) is 0 Å². The van der Waals surface area contributed by atoms with Crippen molar-refractivity contribution in [1.29, 1.82) is 0 Å². The van der Waals surface area contributed by atoms with Crippen LogP contribution in [0.5, 0.6) is 5.75 Å². The molecule has 3 rings (SSSR count). The molecule has 0 N–H and O–H groups in total. The second-order valence-electron chi connectivity index (χ2n) is 5.01. The van der Waals surface area contributed by atoms with E-state index in [1.54, 1.807) is 13.4 Å². The predicted octanol–water partition coefficient (Wildman–Crippen LogP) is 5.17. The minimum Gasteiger partial charge on any atom is -0.495 e. The number of ether oxygens (including phenoxy) is 1. The van der Waals surface area contributed by atoms with Gasteiger partial charge in [-0.3, -0.25) is 0 Å². The van der Waals surface area contributed by atoms with Gasteiger partial charge in [-0.15, -0.1) is 0 Å². The van der Waals surface area contributed by atoms with Crippen molar-refractivity contribution in [1.82, 2.24) is 0 Å². The van der Waals surface area contributed by atoms with Crippen molar-refractivity contribution in [2.24, 2.45) is 0 Å². The van der Waals surface area contributed by atoms with E-state index in [-0.39, 0.29) is 0 Å². The third-order valence-electron chi connectivity index (χ3n) is 3.54. The summed E-state index contributed by atoms with van der Waals surface area (Å²) in [5, 5.41) is 2.80. The lowest BCUT2D eigenvalue weighted by molar-refractivity contribution is 0.415. The van der Waals surface area contributed by atoms with Crippen LogP contribution in [0.25, 0.3) is 10.8 Å². The highest BCUT2D eigenvalue weighted by Gasteiger charge is 2.16. The number of methoxy groups -OCH3 is 1. The molecule has 0 spiro atoms. The molecule has 21 heavy (non-hydrogen) atoms. The van der Waals surface area contributed by atoms with Crippen molar-refractivity contribution in [3.63, 3.8) is 0 Å². The van der Waals surface area contributed by atoms with Crippen molar-refractivity contribution in [3.05, 3.63) is 53.2 Å². The summed E-state index contributed by atoms with van der Waals surface area (Å²) in [6, 6.07) is 11.8. The zero-order chi connectivity index (χ0) is 15.0. The second-order valence-corrected chi connectivity index (χ2v) is 5.44. The molecule has 3 nitrogen and oxygen atoms in total. The van der Waals surface area contributed by atoms with Crippen LogP contribution < -0.4 is 9.64 Å². The van der Waals surface area contributed by atoms with Crippen molar-refractivity contribution in [2.75, 3.05) is 19.1 Å². The average Bonchev–Trinajstić information content (AvgIpc) is 2.89. The minimum absolute atomic E-state index is 0.657. The summed E-state index contributed by atoms with van der Waals surface area (Å²) in [6.07, 6.45) is 1.76. The van der Waals surface area contributed by atoms with Crippen molar-refractivity contribution in [3.8, 4) is 5.75 Å². The number of anilines is 2. The normalized spacial score (nSPS) is 10.9. The van der Waals surface area contributed by atoms with E-state index in [2.05, 4.69) is 25.1 Å². The molecule has 108 valence electrons. The number of halogens is 1. The van der Waals surface area contributed by atoms with Crippen molar-refractivity contribution < 1.29 is 9.15 Å². The molecule has 0 aliphatic heterocycles. The van der Waals surface area contributed by atoms with Gasteiger partial charge in [0.1, 0.15) is 12.0 Å². The molecule has 0 amide bonds. The maximum Gasteiger partial charge on any atom is 0.207 e. The Balaban J connectivity index is 2.14. The van der Waals surface area contributed by atoms with E-state index in [9.17, 15) is 0 Å². The Kier molecular flexibility index (Phi) is 3.52. The van der Waals surface area contributed by atoms with E-state index in [0.717, 1.165) is 28.1 Å². The number of fused-ring (bicyclic) bond motifs is 1. The SMILES string of the molecule is COc1ccc(Cl)cc1N(C)c1occ2ccc(C)cc12. The Labute approximate surface area is 128 Å². The molecule has 0 fully saturated rings. The Morgan fingerprint density at radius 3 is 2.71 bits per heavy atom. The lowest BCUT2D eigenvalue weighted by Crippen LogP contribution is -2.10. The number of nitrogens with zero attached hydrogens (tertiary/aromatic N) is 1. The van der Waals surface area contributed by atoms with Crippen LogP contribution in [0, 0.1) is 6.92 Å². The molecule has 0 saturated carbocycles. The highest BCUT2D eigenvalue weighted by molar-refractivity contribution is 6.31. The van der Waals surface area contributed by atoms with E-state index < -0.39 is 0 Å². The van der Waals surface area contributed by atoms with Crippen LogP contribution >= 0.6 is 11.6 Å². The largest absolute Gasteiger partial charge is 0.495 e. The summed E-state index contributed by atoms with van der Waals surface area (Å²) in [5.41, 5.74) is 2.05. The second kappa shape index (κ2) is 5.34. The average molecular weight is 302 g/mol. The molecule has 0 radical (unpaired) electrons. The van der Waals surface area contributed by atoms with Crippen LogP contribution in [-0.2, 0) is 0 Å². The Hall–Kier alpha value is -2.13. The molecule has 2 aromatic carbocycles. The third-order valence-corrected chi connectivity index (χ3v) is 3.78. The number of rotatable bonds is 3. The maximum atomic E-state index is 6.11. The van der Waals surface area contributed by atoms with E-state index in [4.69, 9.17) is 20.8 Å². The lowest BCUT2D eigenvalue weighted by Gasteiger charge is -2.20. The maximum absolute atomic E-state index is 6.11. The third kappa shape index (κ3) is 2.45. The molecule has 4 heteroatoms. The van der Waals surface area contributed by atoms with E-state index >= 15 is 0 Å². The highest BCUT2D eigenvalue weighted by Crippen LogP contribution is 2.38. The molecule has 1 aromatic heterocycles. The zero-order valence-electron chi connectivity index (χ0n) is 12.2. The number of furan rings is 1. The summed E-state index contributed by atoms with van der Waals surface area (Å²) in [7, 11) is 3.58. The number of benzene rings is 2. The highest BCUT2D eigenvalue weighted by atomic mass is 35.5. The van der Waals surface area contributed by atoms with Gasteiger partial charge in [-0.1, -0.05) is 29.3 Å². The Bertz CT molecular complexity index is 795. The fourth-order valence-corrected chi connectivity index (χ4v) is 2.60. The molecule has 0 aliphatic rings. The molecule has 0 saturated heterocycles. The van der Waals surface area contributed by atoms with Crippen LogP contribution in [0.3, 0.4) is 0 Å². The molecule has 0 unspecified atom stereocenters. The van der Waals surface area contributed by atoms with Gasteiger partial charge >= 0.3 is 0 Å². The smallest absolute Gasteiger partial charge is 0.207 e. The van der Waals surface area contributed by atoms with Gasteiger partial charge in [-0.25, -0.2) is 0 Å². The summed E-state index contributed by atoms with van der Waals surface area (Å²) in [4.78, 5) is 1.95. The first kappa shape index (κ1) is 13.8. The van der Waals surface area contributed by atoms with Crippen LogP contribution in [0.2, 0.25) is 5.02 Å². The first-order chi connectivity index (χ1) is 10.1. The quantitative estimate of drug-likeness (QED) is 0.667. The Morgan fingerprint density at radius 2 is 1.95 bits per heavy atom. The molecular weight excluding hydrogens is 286 g/mol. The standard InChI is InChI=1S/C17H16ClNO2/c1-11-4-5-12-10-21-17(14(12)8-11)19(2)15-9-13(18)6-7-16(15)20-3/h4-10H,1-3H3. The fraction of sp³-hybridized carbons (Fsp3) is 0.176. The van der Waals surface area contributed by atoms with E-state index in [1.165, 1.54) is 5.56 Å². The van der Waals surface area contributed by atoms with Gasteiger partial charge < -0.3 is 14.1 Å². The van der Waals surface area contributed by atoms with Crippen LogP contribution in [0.15, 0.2) is 47.1 Å². The van der Waals surface area contributed by atoms with Crippen LogP contribution in [0.4, 0.5) is 11.6 Å². The topological polar surface area (TPSA) is 25.6 Å². The summed E-state index contributed by atoms with van der Waals surface area (Å²) < 4.78 is 11.2. The van der Waals surface area contributed by atoms with Gasteiger partial charge in [0.2, 0.25) is 5.88 Å². The van der Waals surface area contributed by atoms with Gasteiger partial charge in [-0.05, 0) is 31.2 Å². The monoisotopic (exact) mass is 301 g/mol. The first-order valence-electron chi connectivity index (χ1n) is 6.65. The van der Waals surface area contributed by atoms with Crippen molar-refractivity contribution in [2.45, 2.75) is 6.92 Å². The molecule has 0 bridgehead atoms. The lowest BCUT2D eigenvalue weighted by atomic mass is 10.1. The summed E-state index contributed by atoms with van der Waals surface area (Å²) >= 11 is 6.11. The molecule has 0 aliphatic carbocycles. The van der Waals surface area contributed by atoms with E-state index in [1.807, 2.05) is 30.1 Å². The minimum atomic E-state index is 0.657. The predicted molar refractivity (Wildman–Crippen MR) is 87.0 cm³/mol. The first-order valence-corrected chi connectivity index (χ1v) is 7.03. The van der Waals surface area contributed by atoms with Crippen LogP contribution in [-0.4, -0.2) is 14.2 Å². The molecular formula is C17H16ClNO2.